The van der Waals surface area contributed by atoms with Gasteiger partial charge >= 0.3 is 11.9 Å². The van der Waals surface area contributed by atoms with Crippen LogP contribution in [0.15, 0.2) is 24.3 Å². The number of carbonyl (C=O) groups is 2. The maximum Gasteiger partial charge on any atom is 0.352 e. The third-order valence-electron chi connectivity index (χ3n) is 4.82. The molecule has 2 N–H and O–H groups in total. The number of hydrogen-bond donors (Lipinski definition) is 2. The molecular weight excluding hydrogens is 346 g/mol. The molecule has 0 atom stereocenters. The Labute approximate surface area is 156 Å². The van der Waals surface area contributed by atoms with Gasteiger partial charge in [-0.3, -0.25) is 0 Å². The number of carboxylic acid groups (broad SMARTS) is 2. The SMILES string of the molecule is Cc1nc2ccccc2nc1CCCn1c(C)c(C(=O)O)c(C)c1C(=O)O. The fourth-order valence-corrected chi connectivity index (χ4v) is 3.53. The summed E-state index contributed by atoms with van der Waals surface area (Å²) in [5, 5.41) is 18.9. The van der Waals surface area contributed by atoms with E-state index in [9.17, 15) is 19.8 Å². The van der Waals surface area contributed by atoms with Crippen molar-refractivity contribution < 1.29 is 19.8 Å². The molecule has 0 aliphatic carbocycles. The van der Waals surface area contributed by atoms with Crippen LogP contribution in [0.5, 0.6) is 0 Å². The first-order valence-electron chi connectivity index (χ1n) is 8.69. The second-order valence-corrected chi connectivity index (χ2v) is 6.54. The van der Waals surface area contributed by atoms with Crippen LogP contribution in [0.4, 0.5) is 0 Å². The number of aromatic carboxylic acids is 2. The van der Waals surface area contributed by atoms with Gasteiger partial charge in [-0.1, -0.05) is 12.1 Å². The second kappa shape index (κ2) is 7.19. The summed E-state index contributed by atoms with van der Waals surface area (Å²) in [5.74, 6) is -2.23. The Morgan fingerprint density at radius 1 is 1.00 bits per heavy atom. The summed E-state index contributed by atoms with van der Waals surface area (Å²) >= 11 is 0. The zero-order valence-corrected chi connectivity index (χ0v) is 15.5. The Morgan fingerprint density at radius 2 is 1.63 bits per heavy atom. The molecule has 7 nitrogen and oxygen atoms in total. The van der Waals surface area contributed by atoms with Crippen LogP contribution in [0.2, 0.25) is 0 Å². The lowest BCUT2D eigenvalue weighted by Gasteiger charge is -2.11. The molecule has 7 heteroatoms. The van der Waals surface area contributed by atoms with Gasteiger partial charge in [-0.2, -0.15) is 0 Å². The van der Waals surface area contributed by atoms with Gasteiger partial charge in [-0.05, 0) is 51.3 Å². The smallest absolute Gasteiger partial charge is 0.352 e. The molecule has 2 aromatic heterocycles. The molecule has 0 aliphatic heterocycles. The van der Waals surface area contributed by atoms with Gasteiger partial charge < -0.3 is 14.8 Å². The van der Waals surface area contributed by atoms with E-state index in [4.69, 9.17) is 0 Å². The predicted octanol–water partition coefficient (Wildman–Crippen LogP) is 3.39. The van der Waals surface area contributed by atoms with Crippen LogP contribution in [-0.4, -0.2) is 36.7 Å². The number of aromatic nitrogens is 3. The number of hydrogen-bond acceptors (Lipinski definition) is 4. The van der Waals surface area contributed by atoms with Crippen molar-refractivity contribution >= 4 is 23.0 Å². The van der Waals surface area contributed by atoms with Crippen molar-refractivity contribution in [3.05, 3.63) is 58.2 Å². The Bertz CT molecular complexity index is 1050. The van der Waals surface area contributed by atoms with E-state index in [1.807, 2.05) is 31.2 Å². The molecule has 2 heterocycles. The molecule has 0 aliphatic rings. The fourth-order valence-electron chi connectivity index (χ4n) is 3.53. The fraction of sp³-hybridized carbons (Fsp3) is 0.300. The minimum absolute atomic E-state index is 0.0335. The molecule has 0 bridgehead atoms. The number of rotatable bonds is 6. The Balaban J connectivity index is 1.86. The van der Waals surface area contributed by atoms with Crippen LogP contribution in [0, 0.1) is 20.8 Å². The first-order valence-corrected chi connectivity index (χ1v) is 8.69. The van der Waals surface area contributed by atoms with Crippen molar-refractivity contribution in [1.29, 1.82) is 0 Å². The van der Waals surface area contributed by atoms with Crippen molar-refractivity contribution in [3.8, 4) is 0 Å². The molecule has 27 heavy (non-hydrogen) atoms. The van der Waals surface area contributed by atoms with Crippen molar-refractivity contribution in [3.63, 3.8) is 0 Å². The molecule has 0 radical (unpaired) electrons. The van der Waals surface area contributed by atoms with Crippen LogP contribution in [-0.2, 0) is 13.0 Å². The van der Waals surface area contributed by atoms with Gasteiger partial charge in [-0.25, -0.2) is 19.6 Å². The number of benzene rings is 1. The quantitative estimate of drug-likeness (QED) is 0.692. The number of carboxylic acids is 2. The van der Waals surface area contributed by atoms with Crippen molar-refractivity contribution in [2.45, 2.75) is 40.2 Å². The third-order valence-corrected chi connectivity index (χ3v) is 4.82. The first-order chi connectivity index (χ1) is 12.8. The summed E-state index contributed by atoms with van der Waals surface area (Å²) in [6.07, 6.45) is 1.25. The van der Waals surface area contributed by atoms with Gasteiger partial charge in [0.25, 0.3) is 0 Å². The standard InChI is InChI=1S/C20H21N3O4/c1-11-17(19(24)25)13(3)23(18(11)20(26)27)10-6-9-14-12(2)21-15-7-4-5-8-16(15)22-14/h4-5,7-8H,6,9-10H2,1-3H3,(H,24,25)(H,26,27). The van der Waals surface area contributed by atoms with Gasteiger partial charge in [-0.15, -0.1) is 0 Å². The third kappa shape index (κ3) is 3.40. The van der Waals surface area contributed by atoms with Crippen molar-refractivity contribution in [2.24, 2.45) is 0 Å². The minimum Gasteiger partial charge on any atom is -0.478 e. The topological polar surface area (TPSA) is 105 Å². The largest absolute Gasteiger partial charge is 0.478 e. The maximum atomic E-state index is 11.6. The molecule has 0 amide bonds. The number of fused-ring (bicyclic) bond motifs is 1. The lowest BCUT2D eigenvalue weighted by atomic mass is 10.1. The summed E-state index contributed by atoms with van der Waals surface area (Å²) in [6.45, 7) is 5.49. The molecule has 0 unspecified atom stereocenters. The van der Waals surface area contributed by atoms with Crippen LogP contribution in [0.25, 0.3) is 11.0 Å². The van der Waals surface area contributed by atoms with Gasteiger partial charge in [0, 0.05) is 12.2 Å². The van der Waals surface area contributed by atoms with E-state index in [0.29, 0.717) is 25.1 Å². The molecule has 0 saturated carbocycles. The zero-order valence-electron chi connectivity index (χ0n) is 15.5. The highest BCUT2D eigenvalue weighted by Crippen LogP contribution is 2.23. The Kier molecular flexibility index (Phi) is 4.94. The summed E-state index contributed by atoms with van der Waals surface area (Å²) < 4.78 is 1.57. The first kappa shape index (κ1) is 18.6. The van der Waals surface area contributed by atoms with Gasteiger partial charge in [0.15, 0.2) is 0 Å². The van der Waals surface area contributed by atoms with E-state index in [1.54, 1.807) is 11.5 Å². The molecule has 0 spiro atoms. The van der Waals surface area contributed by atoms with Gasteiger partial charge in [0.2, 0.25) is 0 Å². The van der Waals surface area contributed by atoms with E-state index in [2.05, 4.69) is 9.97 Å². The summed E-state index contributed by atoms with van der Waals surface area (Å²) in [7, 11) is 0. The van der Waals surface area contributed by atoms with Crippen molar-refractivity contribution in [1.82, 2.24) is 14.5 Å². The van der Waals surface area contributed by atoms with Gasteiger partial charge in [0.05, 0.1) is 28.0 Å². The molecule has 0 saturated heterocycles. The minimum atomic E-state index is -1.12. The van der Waals surface area contributed by atoms with E-state index < -0.39 is 11.9 Å². The van der Waals surface area contributed by atoms with Crippen LogP contribution < -0.4 is 0 Å². The summed E-state index contributed by atoms with van der Waals surface area (Å²) in [6, 6.07) is 7.65. The highest BCUT2D eigenvalue weighted by molar-refractivity contribution is 5.97. The summed E-state index contributed by atoms with van der Waals surface area (Å²) in [4.78, 5) is 32.3. The van der Waals surface area contributed by atoms with Crippen LogP contribution in [0.3, 0.4) is 0 Å². The van der Waals surface area contributed by atoms with E-state index in [-0.39, 0.29) is 16.8 Å². The van der Waals surface area contributed by atoms with E-state index in [1.165, 1.54) is 6.92 Å². The Morgan fingerprint density at radius 3 is 2.22 bits per heavy atom. The lowest BCUT2D eigenvalue weighted by molar-refractivity contribution is 0.0681. The second-order valence-electron chi connectivity index (χ2n) is 6.54. The van der Waals surface area contributed by atoms with Crippen LogP contribution in [0.1, 0.15) is 49.9 Å². The lowest BCUT2D eigenvalue weighted by Crippen LogP contribution is -2.12. The molecule has 3 rings (SSSR count). The number of nitrogens with zero attached hydrogens (tertiary/aromatic N) is 3. The highest BCUT2D eigenvalue weighted by Gasteiger charge is 2.25. The average molecular weight is 367 g/mol. The molecule has 1 aromatic carbocycles. The number of para-hydroxylation sites is 2. The van der Waals surface area contributed by atoms with E-state index in [0.717, 1.165) is 22.4 Å². The molecular formula is C20H21N3O4. The van der Waals surface area contributed by atoms with Crippen molar-refractivity contribution in [2.75, 3.05) is 0 Å². The van der Waals surface area contributed by atoms with E-state index >= 15 is 0 Å². The molecule has 140 valence electrons. The average Bonchev–Trinajstić information content (AvgIpc) is 2.85. The van der Waals surface area contributed by atoms with Crippen LogP contribution >= 0.6 is 0 Å². The zero-order chi connectivity index (χ0) is 19.7. The maximum absolute atomic E-state index is 11.6. The summed E-state index contributed by atoms with van der Waals surface area (Å²) in [5.41, 5.74) is 4.22. The number of aryl methyl sites for hydroxylation is 2. The highest BCUT2D eigenvalue weighted by atomic mass is 16.4. The Hall–Kier alpha value is -3.22. The molecule has 0 fully saturated rings. The van der Waals surface area contributed by atoms with Gasteiger partial charge in [0.1, 0.15) is 5.69 Å². The molecule has 3 aromatic rings. The predicted molar refractivity (Wildman–Crippen MR) is 100 cm³/mol. The monoisotopic (exact) mass is 367 g/mol. The normalized spacial score (nSPS) is 11.1.